The first-order valence-corrected chi connectivity index (χ1v) is 24.9. The second kappa shape index (κ2) is 15.4. The molecule has 7 aromatic rings. The fourth-order valence-corrected chi connectivity index (χ4v) is 11.2. The third kappa shape index (κ3) is 7.95. The highest BCUT2D eigenvalue weighted by atomic mass is 15.2. The highest BCUT2D eigenvalue weighted by Crippen LogP contribution is 2.50. The predicted octanol–water partition coefficient (Wildman–Crippen LogP) is 15.7. The molecule has 0 atom stereocenters. The van der Waals surface area contributed by atoms with Crippen molar-refractivity contribution in [1.82, 2.24) is 0 Å². The smallest absolute Gasteiger partial charge is 0.252 e. The van der Waals surface area contributed by atoms with Crippen molar-refractivity contribution in [3.05, 3.63) is 172 Å². The van der Waals surface area contributed by atoms with Gasteiger partial charge in [0.15, 0.2) is 0 Å². The first-order chi connectivity index (χ1) is 31.4. The maximum atomic E-state index is 2.67. The summed E-state index contributed by atoms with van der Waals surface area (Å²) in [7, 11) is 0. The first-order valence-electron chi connectivity index (χ1n) is 24.9. The lowest BCUT2D eigenvalue weighted by molar-refractivity contribution is 0.392. The third-order valence-electron chi connectivity index (χ3n) is 15.1. The van der Waals surface area contributed by atoms with Crippen molar-refractivity contribution in [3.8, 4) is 22.3 Å². The Bertz CT molecular complexity index is 3080. The van der Waals surface area contributed by atoms with Crippen molar-refractivity contribution < 1.29 is 0 Å². The van der Waals surface area contributed by atoms with Gasteiger partial charge in [0.2, 0.25) is 0 Å². The van der Waals surface area contributed by atoms with E-state index in [0.29, 0.717) is 0 Å². The van der Waals surface area contributed by atoms with Crippen LogP contribution in [0.15, 0.2) is 133 Å². The molecule has 7 aromatic carbocycles. The van der Waals surface area contributed by atoms with Crippen LogP contribution in [0, 0.1) is 12.3 Å². The highest BCUT2D eigenvalue weighted by molar-refractivity contribution is 7.00. The Balaban J connectivity index is 1.24. The number of fused-ring (bicyclic) bond motifs is 5. The standard InChI is InChI=1S/C64H71BN2/c1-40-31-57-59-58(32-40)67(54-30-28-48(62(8,9)10)36-51(54)43-21-19-41(20-22-43)42-23-25-46(26-24-42)60(2,3)4)55-34-45-39-64(14,15)38-44(45)33-53(55)65(59)52-29-27-49(63(11,12)13)37-56(52)66(57)50-18-16-17-47(35-50)61(5,6)7/h16-37H,38-39H2,1-15H3. The molecule has 340 valence electrons. The first kappa shape index (κ1) is 45.0. The normalized spacial score (nSPS) is 15.3. The van der Waals surface area contributed by atoms with Crippen molar-refractivity contribution in [2.45, 2.75) is 138 Å². The summed E-state index contributed by atoms with van der Waals surface area (Å²) in [5.74, 6) is 0. The Morgan fingerprint density at radius 2 is 0.910 bits per heavy atom. The Morgan fingerprint density at radius 3 is 1.52 bits per heavy atom. The van der Waals surface area contributed by atoms with Gasteiger partial charge in [0.05, 0.1) is 5.69 Å². The monoisotopic (exact) mass is 879 g/mol. The van der Waals surface area contributed by atoms with Gasteiger partial charge in [-0.25, -0.2) is 0 Å². The summed E-state index contributed by atoms with van der Waals surface area (Å²) >= 11 is 0. The second-order valence-electron chi connectivity index (χ2n) is 25.2. The zero-order valence-electron chi connectivity index (χ0n) is 43.1. The number of rotatable bonds is 4. The summed E-state index contributed by atoms with van der Waals surface area (Å²) in [6, 6.07) is 52.7. The van der Waals surface area contributed by atoms with Gasteiger partial charge in [0.25, 0.3) is 6.71 Å². The van der Waals surface area contributed by atoms with E-state index in [4.69, 9.17) is 0 Å². The van der Waals surface area contributed by atoms with Crippen LogP contribution in [0.2, 0.25) is 0 Å². The van der Waals surface area contributed by atoms with E-state index in [1.54, 1.807) is 0 Å². The summed E-state index contributed by atoms with van der Waals surface area (Å²) in [5, 5.41) is 0. The quantitative estimate of drug-likeness (QED) is 0.163. The minimum atomic E-state index is -0.0282. The number of anilines is 6. The van der Waals surface area contributed by atoms with E-state index in [0.717, 1.165) is 12.8 Å². The predicted molar refractivity (Wildman–Crippen MR) is 292 cm³/mol. The van der Waals surface area contributed by atoms with Gasteiger partial charge in [-0.1, -0.05) is 182 Å². The molecule has 0 saturated carbocycles. The minimum Gasteiger partial charge on any atom is -0.311 e. The molecular weight excluding hydrogens is 808 g/mol. The van der Waals surface area contributed by atoms with E-state index in [2.05, 4.69) is 247 Å². The molecule has 0 bridgehead atoms. The summed E-state index contributed by atoms with van der Waals surface area (Å²) in [6.45, 7) is 35.1. The summed E-state index contributed by atoms with van der Waals surface area (Å²) in [6.07, 6.45) is 2.17. The average Bonchev–Trinajstić information content (AvgIpc) is 3.56. The van der Waals surface area contributed by atoms with Gasteiger partial charge in [-0.3, -0.25) is 0 Å². The summed E-state index contributed by atoms with van der Waals surface area (Å²) < 4.78 is 0. The lowest BCUT2D eigenvalue weighted by atomic mass is 9.33. The van der Waals surface area contributed by atoms with Crippen LogP contribution in [0.4, 0.5) is 34.1 Å². The Labute approximate surface area is 403 Å². The van der Waals surface area contributed by atoms with Crippen molar-refractivity contribution in [2.24, 2.45) is 5.41 Å². The zero-order valence-corrected chi connectivity index (χ0v) is 43.1. The molecule has 10 rings (SSSR count). The molecule has 0 amide bonds. The molecule has 0 saturated heterocycles. The second-order valence-corrected chi connectivity index (χ2v) is 25.2. The zero-order chi connectivity index (χ0) is 47.7. The largest absolute Gasteiger partial charge is 0.311 e. The van der Waals surface area contributed by atoms with Crippen LogP contribution >= 0.6 is 0 Å². The molecule has 3 aliphatic rings. The van der Waals surface area contributed by atoms with E-state index in [-0.39, 0.29) is 33.8 Å². The van der Waals surface area contributed by atoms with Crippen molar-refractivity contribution in [2.75, 3.05) is 9.80 Å². The molecular formula is C64H71BN2. The number of benzene rings is 7. The van der Waals surface area contributed by atoms with Gasteiger partial charge in [0, 0.05) is 34.0 Å². The average molecular weight is 879 g/mol. The maximum absolute atomic E-state index is 2.67. The van der Waals surface area contributed by atoms with Gasteiger partial charge < -0.3 is 9.80 Å². The Hall–Kier alpha value is -5.80. The van der Waals surface area contributed by atoms with Gasteiger partial charge in [0.1, 0.15) is 0 Å². The van der Waals surface area contributed by atoms with E-state index in [1.165, 1.54) is 112 Å². The fraction of sp³-hybridized carbons (Fsp3) is 0.344. The highest BCUT2D eigenvalue weighted by Gasteiger charge is 2.45. The van der Waals surface area contributed by atoms with E-state index < -0.39 is 0 Å². The molecule has 0 radical (unpaired) electrons. The molecule has 0 unspecified atom stereocenters. The van der Waals surface area contributed by atoms with Gasteiger partial charge in [-0.15, -0.1) is 0 Å². The number of aryl methyl sites for hydroxylation is 1. The van der Waals surface area contributed by atoms with Crippen molar-refractivity contribution >= 4 is 57.2 Å². The lowest BCUT2D eigenvalue weighted by Crippen LogP contribution is -2.61. The SMILES string of the molecule is Cc1cc2c3c(c1)N(c1ccc(C(C)(C)C)cc1-c1ccc(-c4ccc(C(C)(C)C)cc4)cc1)c1cc4c(cc1B3c1ccc(C(C)(C)C)cc1N2c1cccc(C(C)(C)C)c1)CC(C)(C)C4. The number of hydrogen-bond donors (Lipinski definition) is 0. The van der Waals surface area contributed by atoms with Crippen LogP contribution in [0.5, 0.6) is 0 Å². The number of hydrogen-bond acceptors (Lipinski definition) is 2. The molecule has 2 aliphatic heterocycles. The molecule has 0 aromatic heterocycles. The van der Waals surface area contributed by atoms with Crippen LogP contribution in [0.1, 0.15) is 136 Å². The van der Waals surface area contributed by atoms with Gasteiger partial charge in [-0.2, -0.15) is 0 Å². The third-order valence-corrected chi connectivity index (χ3v) is 15.1. The molecule has 0 spiro atoms. The summed E-state index contributed by atoms with van der Waals surface area (Å²) in [4.78, 5) is 5.28. The van der Waals surface area contributed by atoms with Crippen LogP contribution < -0.4 is 26.2 Å². The van der Waals surface area contributed by atoms with Crippen LogP contribution in [-0.2, 0) is 34.5 Å². The van der Waals surface area contributed by atoms with Crippen LogP contribution in [0.25, 0.3) is 22.3 Å². The molecule has 3 heteroatoms. The van der Waals surface area contributed by atoms with Gasteiger partial charge in [-0.05, 0) is 167 Å². The summed E-state index contributed by atoms with van der Waals surface area (Å²) in [5.41, 5.74) is 26.6. The molecule has 1 aliphatic carbocycles. The van der Waals surface area contributed by atoms with Crippen molar-refractivity contribution in [1.29, 1.82) is 0 Å². The fourth-order valence-electron chi connectivity index (χ4n) is 11.2. The Kier molecular flexibility index (Phi) is 10.3. The molecule has 0 fully saturated rings. The topological polar surface area (TPSA) is 6.48 Å². The van der Waals surface area contributed by atoms with Gasteiger partial charge >= 0.3 is 0 Å². The molecule has 67 heavy (non-hydrogen) atoms. The van der Waals surface area contributed by atoms with Crippen LogP contribution in [0.3, 0.4) is 0 Å². The minimum absolute atomic E-state index is 0.00501. The van der Waals surface area contributed by atoms with E-state index in [9.17, 15) is 0 Å². The molecule has 2 nitrogen and oxygen atoms in total. The Morgan fingerprint density at radius 1 is 0.418 bits per heavy atom. The van der Waals surface area contributed by atoms with E-state index in [1.807, 2.05) is 0 Å². The maximum Gasteiger partial charge on any atom is 0.252 e. The van der Waals surface area contributed by atoms with E-state index >= 15 is 0 Å². The number of nitrogens with zero attached hydrogens (tertiary/aromatic N) is 2. The van der Waals surface area contributed by atoms with Crippen molar-refractivity contribution in [3.63, 3.8) is 0 Å². The lowest BCUT2D eigenvalue weighted by Gasteiger charge is -2.45. The molecule has 0 N–H and O–H groups in total. The molecule has 2 heterocycles. The van der Waals surface area contributed by atoms with Crippen LogP contribution in [-0.4, -0.2) is 6.71 Å².